The molecular formula is C21H20N2O. The quantitative estimate of drug-likeness (QED) is 0.556. The molecule has 0 aromatic heterocycles. The summed E-state index contributed by atoms with van der Waals surface area (Å²) in [6.07, 6.45) is 0. The zero-order valence-corrected chi connectivity index (χ0v) is 14.1. The highest BCUT2D eigenvalue weighted by Gasteiger charge is 2.09. The van der Waals surface area contributed by atoms with E-state index < -0.39 is 0 Å². The maximum absolute atomic E-state index is 12.5. The van der Waals surface area contributed by atoms with Crippen molar-refractivity contribution in [1.82, 2.24) is 5.43 Å². The summed E-state index contributed by atoms with van der Waals surface area (Å²) < 4.78 is 0. The first-order valence-electron chi connectivity index (χ1n) is 7.96. The molecule has 3 nitrogen and oxygen atoms in total. The summed E-state index contributed by atoms with van der Waals surface area (Å²) in [7, 11) is 0. The Bertz CT molecular complexity index is 936. The summed E-state index contributed by atoms with van der Waals surface area (Å²) >= 11 is 0. The third kappa shape index (κ3) is 3.20. The Kier molecular flexibility index (Phi) is 4.43. The number of hydrogen-bond donors (Lipinski definition) is 1. The van der Waals surface area contributed by atoms with Crippen LogP contribution in [0.1, 0.15) is 34.0 Å². The van der Waals surface area contributed by atoms with Crippen LogP contribution in [0.4, 0.5) is 0 Å². The van der Waals surface area contributed by atoms with E-state index in [1.54, 1.807) is 0 Å². The molecule has 0 radical (unpaired) electrons. The van der Waals surface area contributed by atoms with Gasteiger partial charge in [-0.1, -0.05) is 60.2 Å². The monoisotopic (exact) mass is 316 g/mol. The predicted molar refractivity (Wildman–Crippen MR) is 99.5 cm³/mol. The van der Waals surface area contributed by atoms with Crippen molar-refractivity contribution in [2.24, 2.45) is 5.10 Å². The van der Waals surface area contributed by atoms with Crippen LogP contribution < -0.4 is 5.43 Å². The third-order valence-electron chi connectivity index (χ3n) is 4.13. The van der Waals surface area contributed by atoms with Gasteiger partial charge in [0, 0.05) is 11.1 Å². The molecule has 0 bridgehead atoms. The lowest BCUT2D eigenvalue weighted by Gasteiger charge is -2.08. The number of fused-ring (bicyclic) bond motifs is 1. The molecule has 1 N–H and O–H groups in total. The SMILES string of the molecule is C/C(=N\NC(=O)c1cccc2ccccc12)c1ccc(C)cc1C. The van der Waals surface area contributed by atoms with Crippen molar-refractivity contribution in [1.29, 1.82) is 0 Å². The summed E-state index contributed by atoms with van der Waals surface area (Å²) in [5, 5.41) is 6.25. The maximum Gasteiger partial charge on any atom is 0.272 e. The smallest absolute Gasteiger partial charge is 0.267 e. The van der Waals surface area contributed by atoms with Gasteiger partial charge in [0.1, 0.15) is 0 Å². The first kappa shape index (κ1) is 15.9. The highest BCUT2D eigenvalue weighted by Crippen LogP contribution is 2.18. The number of hydrogen-bond acceptors (Lipinski definition) is 2. The lowest BCUT2D eigenvalue weighted by molar-refractivity contribution is 0.0956. The summed E-state index contributed by atoms with van der Waals surface area (Å²) in [6.45, 7) is 6.01. The summed E-state index contributed by atoms with van der Waals surface area (Å²) in [6, 6.07) is 19.7. The zero-order chi connectivity index (χ0) is 17.1. The van der Waals surface area contributed by atoms with Crippen LogP contribution in [-0.2, 0) is 0 Å². The van der Waals surface area contributed by atoms with Crippen LogP contribution in [0.5, 0.6) is 0 Å². The van der Waals surface area contributed by atoms with E-state index in [1.165, 1.54) is 5.56 Å². The number of aryl methyl sites for hydroxylation is 2. The number of carbonyl (C=O) groups excluding carboxylic acids is 1. The molecule has 3 heteroatoms. The number of nitrogens with one attached hydrogen (secondary N) is 1. The summed E-state index contributed by atoms with van der Waals surface area (Å²) in [5.41, 5.74) is 7.50. The van der Waals surface area contributed by atoms with Gasteiger partial charge in [0.2, 0.25) is 0 Å². The number of hydrazone groups is 1. The summed E-state index contributed by atoms with van der Waals surface area (Å²) in [5.74, 6) is -0.198. The number of carbonyl (C=O) groups is 1. The molecule has 1 amide bonds. The van der Waals surface area contributed by atoms with E-state index in [2.05, 4.69) is 23.5 Å². The minimum atomic E-state index is -0.198. The average Bonchev–Trinajstić information content (AvgIpc) is 2.59. The molecule has 0 unspecified atom stereocenters. The highest BCUT2D eigenvalue weighted by molar-refractivity contribution is 6.08. The van der Waals surface area contributed by atoms with Crippen molar-refractivity contribution >= 4 is 22.4 Å². The molecule has 3 aromatic carbocycles. The van der Waals surface area contributed by atoms with E-state index in [4.69, 9.17) is 0 Å². The van der Waals surface area contributed by atoms with E-state index in [0.29, 0.717) is 5.56 Å². The average molecular weight is 316 g/mol. The van der Waals surface area contributed by atoms with Gasteiger partial charge in [0.05, 0.1) is 5.71 Å². The van der Waals surface area contributed by atoms with Gasteiger partial charge in [-0.3, -0.25) is 4.79 Å². The van der Waals surface area contributed by atoms with E-state index in [-0.39, 0.29) is 5.91 Å². The number of amides is 1. The molecule has 0 saturated carbocycles. The van der Waals surface area contributed by atoms with Crippen LogP contribution in [-0.4, -0.2) is 11.6 Å². The van der Waals surface area contributed by atoms with Crippen molar-refractivity contribution in [3.05, 3.63) is 82.9 Å². The minimum absolute atomic E-state index is 0.198. The molecule has 0 aliphatic carbocycles. The second-order valence-electron chi connectivity index (χ2n) is 5.98. The molecule has 0 atom stereocenters. The molecule has 0 heterocycles. The maximum atomic E-state index is 12.5. The van der Waals surface area contributed by atoms with Gasteiger partial charge in [-0.05, 0) is 43.2 Å². The second kappa shape index (κ2) is 6.67. The van der Waals surface area contributed by atoms with Crippen LogP contribution in [0.3, 0.4) is 0 Å². The van der Waals surface area contributed by atoms with Crippen molar-refractivity contribution < 1.29 is 4.79 Å². The molecule has 24 heavy (non-hydrogen) atoms. The van der Waals surface area contributed by atoms with Crippen molar-refractivity contribution in [3.63, 3.8) is 0 Å². The largest absolute Gasteiger partial charge is 0.272 e. The Morgan fingerprint density at radius 2 is 1.67 bits per heavy atom. The minimum Gasteiger partial charge on any atom is -0.267 e. The number of benzene rings is 3. The molecule has 0 spiro atoms. The van der Waals surface area contributed by atoms with Crippen LogP contribution in [0, 0.1) is 13.8 Å². The highest BCUT2D eigenvalue weighted by atomic mass is 16.2. The molecular weight excluding hydrogens is 296 g/mol. The van der Waals surface area contributed by atoms with Gasteiger partial charge in [-0.2, -0.15) is 5.10 Å². The predicted octanol–water partition coefficient (Wildman–Crippen LogP) is 4.61. The van der Waals surface area contributed by atoms with Crippen LogP contribution in [0.15, 0.2) is 65.8 Å². The molecule has 120 valence electrons. The van der Waals surface area contributed by atoms with Gasteiger partial charge in [0.15, 0.2) is 0 Å². The fourth-order valence-electron chi connectivity index (χ4n) is 2.90. The Labute approximate surface area is 142 Å². The van der Waals surface area contributed by atoms with Gasteiger partial charge in [-0.25, -0.2) is 5.43 Å². The standard InChI is InChI=1S/C21H20N2O/c1-14-11-12-18(15(2)13-14)16(3)22-23-21(24)20-10-6-8-17-7-4-5-9-19(17)20/h4-13H,1-3H3,(H,23,24)/b22-16+. The Hall–Kier alpha value is -2.94. The lowest BCUT2D eigenvalue weighted by Crippen LogP contribution is -2.19. The normalized spacial score (nSPS) is 11.5. The third-order valence-corrected chi connectivity index (χ3v) is 4.13. The fourth-order valence-corrected chi connectivity index (χ4v) is 2.90. The Balaban J connectivity index is 1.86. The first-order valence-corrected chi connectivity index (χ1v) is 7.96. The lowest BCUT2D eigenvalue weighted by atomic mass is 10.0. The van der Waals surface area contributed by atoms with Crippen LogP contribution >= 0.6 is 0 Å². The fraction of sp³-hybridized carbons (Fsp3) is 0.143. The molecule has 0 aliphatic heterocycles. The molecule has 0 saturated heterocycles. The van der Waals surface area contributed by atoms with Gasteiger partial charge < -0.3 is 0 Å². The van der Waals surface area contributed by atoms with E-state index in [0.717, 1.165) is 27.6 Å². The van der Waals surface area contributed by atoms with E-state index in [9.17, 15) is 4.79 Å². The van der Waals surface area contributed by atoms with E-state index >= 15 is 0 Å². The van der Waals surface area contributed by atoms with Crippen LogP contribution in [0.2, 0.25) is 0 Å². The van der Waals surface area contributed by atoms with Crippen LogP contribution in [0.25, 0.3) is 10.8 Å². The zero-order valence-electron chi connectivity index (χ0n) is 14.1. The van der Waals surface area contributed by atoms with Gasteiger partial charge >= 0.3 is 0 Å². The molecule has 0 aliphatic rings. The molecule has 0 fully saturated rings. The van der Waals surface area contributed by atoms with Crippen molar-refractivity contribution in [2.45, 2.75) is 20.8 Å². The number of nitrogens with zero attached hydrogens (tertiary/aromatic N) is 1. The van der Waals surface area contributed by atoms with Crippen molar-refractivity contribution in [3.8, 4) is 0 Å². The van der Waals surface area contributed by atoms with Crippen molar-refractivity contribution in [2.75, 3.05) is 0 Å². The Morgan fingerprint density at radius 1 is 0.917 bits per heavy atom. The second-order valence-corrected chi connectivity index (χ2v) is 5.98. The molecule has 3 rings (SSSR count). The molecule has 3 aromatic rings. The van der Waals surface area contributed by atoms with Gasteiger partial charge in [-0.15, -0.1) is 0 Å². The Morgan fingerprint density at radius 3 is 2.46 bits per heavy atom. The first-order chi connectivity index (χ1) is 11.6. The van der Waals surface area contributed by atoms with Gasteiger partial charge in [0.25, 0.3) is 5.91 Å². The number of rotatable bonds is 3. The topological polar surface area (TPSA) is 41.5 Å². The summed E-state index contributed by atoms with van der Waals surface area (Å²) in [4.78, 5) is 12.5. The van der Waals surface area contributed by atoms with E-state index in [1.807, 2.05) is 68.4 Å².